The number of halogens is 1. The van der Waals surface area contributed by atoms with E-state index in [0.29, 0.717) is 18.4 Å². The molecule has 0 aromatic heterocycles. The van der Waals surface area contributed by atoms with Crippen LogP contribution >= 0.6 is 0 Å². The van der Waals surface area contributed by atoms with Gasteiger partial charge in [-0.2, -0.15) is 5.26 Å². The molecule has 1 N–H and O–H groups in total. The fraction of sp³-hybridized carbons (Fsp3) is 0.188. The van der Waals surface area contributed by atoms with Gasteiger partial charge < -0.3 is 5.11 Å². The van der Waals surface area contributed by atoms with Crippen LogP contribution in [-0.4, -0.2) is 5.11 Å². The van der Waals surface area contributed by atoms with Crippen LogP contribution in [0.3, 0.4) is 0 Å². The van der Waals surface area contributed by atoms with Crippen molar-refractivity contribution in [1.82, 2.24) is 0 Å². The van der Waals surface area contributed by atoms with Gasteiger partial charge in [0.15, 0.2) is 0 Å². The number of hydrogen-bond acceptors (Lipinski definition) is 2. The van der Waals surface area contributed by atoms with E-state index in [2.05, 4.69) is 0 Å². The van der Waals surface area contributed by atoms with Crippen LogP contribution in [0.1, 0.15) is 29.2 Å². The molecule has 0 heterocycles. The van der Waals surface area contributed by atoms with Crippen LogP contribution in [0.2, 0.25) is 0 Å². The van der Waals surface area contributed by atoms with Gasteiger partial charge >= 0.3 is 0 Å². The molecule has 0 saturated carbocycles. The zero-order valence-electron chi connectivity index (χ0n) is 10.4. The Morgan fingerprint density at radius 3 is 2.26 bits per heavy atom. The first-order valence-electron chi connectivity index (χ1n) is 6.11. The normalized spacial score (nSPS) is 11.8. The number of aliphatic hydroxyl groups excluding tert-OH is 1. The second-order valence-electron chi connectivity index (χ2n) is 4.41. The molecule has 2 aromatic carbocycles. The summed E-state index contributed by atoms with van der Waals surface area (Å²) in [5.41, 5.74) is 2.37. The Morgan fingerprint density at radius 1 is 1.05 bits per heavy atom. The Morgan fingerprint density at radius 2 is 1.68 bits per heavy atom. The number of benzene rings is 2. The lowest BCUT2D eigenvalue weighted by atomic mass is 10.0. The standard InChI is InChI=1S/C16H14FNO/c17-15-8-3-12(4-9-15)5-10-16(19)14-6-1-13(11-18)2-7-14/h1-4,6-9,16,19H,5,10H2. The average molecular weight is 255 g/mol. The first kappa shape index (κ1) is 13.3. The molecule has 0 fully saturated rings. The topological polar surface area (TPSA) is 44.0 Å². The van der Waals surface area contributed by atoms with Gasteiger partial charge in [0.2, 0.25) is 0 Å². The third kappa shape index (κ3) is 3.64. The van der Waals surface area contributed by atoms with Crippen molar-refractivity contribution in [3.8, 4) is 6.07 Å². The molecule has 96 valence electrons. The molecular weight excluding hydrogens is 241 g/mol. The fourth-order valence-electron chi connectivity index (χ4n) is 1.90. The van der Waals surface area contributed by atoms with E-state index in [-0.39, 0.29) is 5.82 Å². The van der Waals surface area contributed by atoms with Gasteiger partial charge in [0.05, 0.1) is 17.7 Å². The molecule has 1 atom stereocenters. The molecule has 0 saturated heterocycles. The summed E-state index contributed by atoms with van der Waals surface area (Å²) in [6.45, 7) is 0. The summed E-state index contributed by atoms with van der Waals surface area (Å²) in [5.74, 6) is -0.253. The molecule has 0 amide bonds. The highest BCUT2D eigenvalue weighted by atomic mass is 19.1. The summed E-state index contributed by atoms with van der Waals surface area (Å²) in [4.78, 5) is 0. The van der Waals surface area contributed by atoms with Gasteiger partial charge in [-0.05, 0) is 48.2 Å². The third-order valence-electron chi connectivity index (χ3n) is 3.04. The predicted molar refractivity (Wildman–Crippen MR) is 70.8 cm³/mol. The van der Waals surface area contributed by atoms with Crippen LogP contribution in [0.25, 0.3) is 0 Å². The second kappa shape index (κ2) is 6.12. The van der Waals surface area contributed by atoms with Gasteiger partial charge in [-0.25, -0.2) is 4.39 Å². The first-order valence-corrected chi connectivity index (χ1v) is 6.11. The van der Waals surface area contributed by atoms with Crippen LogP contribution in [0.15, 0.2) is 48.5 Å². The summed E-state index contributed by atoms with van der Waals surface area (Å²) >= 11 is 0. The maximum absolute atomic E-state index is 12.7. The monoisotopic (exact) mass is 255 g/mol. The molecule has 3 heteroatoms. The minimum Gasteiger partial charge on any atom is -0.388 e. The largest absolute Gasteiger partial charge is 0.388 e. The zero-order valence-corrected chi connectivity index (χ0v) is 10.4. The van der Waals surface area contributed by atoms with E-state index in [9.17, 15) is 9.50 Å². The van der Waals surface area contributed by atoms with Crippen molar-refractivity contribution >= 4 is 0 Å². The molecule has 0 aliphatic rings. The number of rotatable bonds is 4. The van der Waals surface area contributed by atoms with E-state index in [1.54, 1.807) is 36.4 Å². The molecule has 0 aliphatic carbocycles. The zero-order chi connectivity index (χ0) is 13.7. The molecule has 0 spiro atoms. The molecule has 0 bridgehead atoms. The molecule has 2 nitrogen and oxygen atoms in total. The molecule has 2 aromatic rings. The lowest BCUT2D eigenvalue weighted by Crippen LogP contribution is -1.99. The third-order valence-corrected chi connectivity index (χ3v) is 3.04. The van der Waals surface area contributed by atoms with Crippen molar-refractivity contribution in [2.45, 2.75) is 18.9 Å². The van der Waals surface area contributed by atoms with Gasteiger partial charge in [0.1, 0.15) is 5.82 Å². The van der Waals surface area contributed by atoms with Crippen molar-refractivity contribution < 1.29 is 9.50 Å². The summed E-state index contributed by atoms with van der Waals surface area (Å²) in [5, 5.41) is 18.7. The quantitative estimate of drug-likeness (QED) is 0.910. The van der Waals surface area contributed by atoms with E-state index >= 15 is 0 Å². The lowest BCUT2D eigenvalue weighted by Gasteiger charge is -2.11. The van der Waals surface area contributed by atoms with Crippen molar-refractivity contribution in [3.05, 3.63) is 71.0 Å². The number of nitrogens with zero attached hydrogens (tertiary/aromatic N) is 1. The van der Waals surface area contributed by atoms with Crippen LogP contribution in [0, 0.1) is 17.1 Å². The molecule has 2 rings (SSSR count). The predicted octanol–water partition coefficient (Wildman–Crippen LogP) is 3.36. The summed E-state index contributed by atoms with van der Waals surface area (Å²) in [6.07, 6.45) is 0.678. The molecule has 19 heavy (non-hydrogen) atoms. The van der Waals surface area contributed by atoms with Crippen LogP contribution in [0.5, 0.6) is 0 Å². The Kier molecular flexibility index (Phi) is 4.27. The highest BCUT2D eigenvalue weighted by Crippen LogP contribution is 2.19. The van der Waals surface area contributed by atoms with E-state index < -0.39 is 6.10 Å². The molecule has 1 unspecified atom stereocenters. The van der Waals surface area contributed by atoms with Gasteiger partial charge in [0, 0.05) is 0 Å². The fourth-order valence-corrected chi connectivity index (χ4v) is 1.90. The smallest absolute Gasteiger partial charge is 0.123 e. The van der Waals surface area contributed by atoms with Gasteiger partial charge in [-0.15, -0.1) is 0 Å². The second-order valence-corrected chi connectivity index (χ2v) is 4.41. The van der Waals surface area contributed by atoms with Crippen molar-refractivity contribution in [2.24, 2.45) is 0 Å². The average Bonchev–Trinajstić information content (AvgIpc) is 2.46. The minimum absolute atomic E-state index is 0.253. The number of hydrogen-bond donors (Lipinski definition) is 1. The van der Waals surface area contributed by atoms with Crippen LogP contribution in [-0.2, 0) is 6.42 Å². The highest BCUT2D eigenvalue weighted by molar-refractivity contribution is 5.32. The molecular formula is C16H14FNO. The maximum atomic E-state index is 12.7. The van der Waals surface area contributed by atoms with E-state index in [0.717, 1.165) is 11.1 Å². The lowest BCUT2D eigenvalue weighted by molar-refractivity contribution is 0.168. The van der Waals surface area contributed by atoms with Gasteiger partial charge in [0.25, 0.3) is 0 Å². The summed E-state index contributed by atoms with van der Waals surface area (Å²) in [6, 6.07) is 15.2. The SMILES string of the molecule is N#Cc1ccc(C(O)CCc2ccc(F)cc2)cc1. The first-order chi connectivity index (χ1) is 9.19. The number of aryl methyl sites for hydroxylation is 1. The number of aliphatic hydroxyl groups is 1. The molecule has 0 radical (unpaired) electrons. The Bertz CT molecular complexity index is 569. The maximum Gasteiger partial charge on any atom is 0.123 e. The van der Waals surface area contributed by atoms with E-state index in [1.165, 1.54) is 12.1 Å². The van der Waals surface area contributed by atoms with E-state index in [1.807, 2.05) is 6.07 Å². The van der Waals surface area contributed by atoms with Crippen molar-refractivity contribution in [2.75, 3.05) is 0 Å². The van der Waals surface area contributed by atoms with Crippen LogP contribution in [0.4, 0.5) is 4.39 Å². The summed E-state index contributed by atoms with van der Waals surface area (Å²) < 4.78 is 12.7. The Labute approximate surface area is 111 Å². The van der Waals surface area contributed by atoms with Crippen molar-refractivity contribution in [1.29, 1.82) is 5.26 Å². The van der Waals surface area contributed by atoms with E-state index in [4.69, 9.17) is 5.26 Å². The Hall–Kier alpha value is -2.18. The number of nitriles is 1. The van der Waals surface area contributed by atoms with Crippen LogP contribution < -0.4 is 0 Å². The Balaban J connectivity index is 1.95. The summed E-state index contributed by atoms with van der Waals surface area (Å²) in [7, 11) is 0. The van der Waals surface area contributed by atoms with Gasteiger partial charge in [-0.1, -0.05) is 24.3 Å². The molecule has 0 aliphatic heterocycles. The van der Waals surface area contributed by atoms with Gasteiger partial charge in [-0.3, -0.25) is 0 Å². The minimum atomic E-state index is -0.571. The highest BCUT2D eigenvalue weighted by Gasteiger charge is 2.07. The van der Waals surface area contributed by atoms with Crippen molar-refractivity contribution in [3.63, 3.8) is 0 Å².